The molecule has 0 aromatic heterocycles. The lowest BCUT2D eigenvalue weighted by Gasteiger charge is -2.33. The zero-order chi connectivity index (χ0) is 19.2. The monoisotopic (exact) mass is 390 g/mol. The molecule has 5 heteroatoms. The predicted octanol–water partition coefficient (Wildman–Crippen LogP) is 7.02. The molecule has 0 aliphatic heterocycles. The van der Waals surface area contributed by atoms with Crippen LogP contribution in [0.5, 0.6) is 0 Å². The lowest BCUT2D eigenvalue weighted by molar-refractivity contribution is 0.165. The second kappa shape index (κ2) is 14.4. The molecule has 0 amide bonds. The molecule has 0 heterocycles. The topological polar surface area (TPSA) is 27.7 Å². The average molecular weight is 391 g/mol. The maximum absolute atomic E-state index is 6.40. The van der Waals surface area contributed by atoms with Crippen LogP contribution in [0.15, 0.2) is 0 Å². The van der Waals surface area contributed by atoms with E-state index in [4.69, 9.17) is 13.0 Å². The van der Waals surface area contributed by atoms with Gasteiger partial charge in [-0.05, 0) is 44.9 Å². The van der Waals surface area contributed by atoms with Gasteiger partial charge in [0, 0.05) is 13.2 Å². The highest BCUT2D eigenvalue weighted by molar-refractivity contribution is 6.78. The van der Waals surface area contributed by atoms with E-state index in [1.54, 1.807) is 0 Å². The summed E-state index contributed by atoms with van der Waals surface area (Å²) in [6.45, 7) is 17.1. The summed E-state index contributed by atoms with van der Waals surface area (Å²) in [6, 6.07) is 0. The van der Waals surface area contributed by atoms with Crippen LogP contribution in [0.4, 0.5) is 0 Å². The van der Waals surface area contributed by atoms with E-state index in [9.17, 15) is 0 Å². The molecule has 152 valence electrons. The van der Waals surface area contributed by atoms with Crippen LogP contribution < -0.4 is 0 Å². The van der Waals surface area contributed by atoms with Crippen LogP contribution in [-0.2, 0) is 13.0 Å². The molecule has 25 heavy (non-hydrogen) atoms. The highest BCUT2D eigenvalue weighted by Crippen LogP contribution is 2.20. The summed E-state index contributed by atoms with van der Waals surface area (Å²) in [7, 11) is -4.19. The first-order valence-electron chi connectivity index (χ1n) is 10.7. The minimum absolute atomic E-state index is 0.671. The van der Waals surface area contributed by atoms with E-state index < -0.39 is 17.1 Å². The standard InChI is InChI=1S/C20H46O3Si2/c1-8-11-13-14-15-16-18-21-24(4,5)23-25(6,7)22-19-20(10-3)17-12-9-2/h20H,8-19H2,1-7H3. The van der Waals surface area contributed by atoms with E-state index in [1.165, 1.54) is 57.8 Å². The summed E-state index contributed by atoms with van der Waals surface area (Å²) in [6.07, 6.45) is 12.8. The van der Waals surface area contributed by atoms with Gasteiger partial charge in [0.05, 0.1) is 0 Å². The SMILES string of the molecule is CCCCCCCCO[Si](C)(C)O[Si](C)(C)OCC(CC)CCCC. The van der Waals surface area contributed by atoms with Gasteiger partial charge >= 0.3 is 17.1 Å². The van der Waals surface area contributed by atoms with Crippen molar-refractivity contribution < 1.29 is 13.0 Å². The smallest absolute Gasteiger partial charge is 0.322 e. The molecule has 0 bridgehead atoms. The van der Waals surface area contributed by atoms with Gasteiger partial charge in [0.2, 0.25) is 0 Å². The normalized spacial score (nSPS) is 14.0. The van der Waals surface area contributed by atoms with Gasteiger partial charge in [-0.1, -0.05) is 72.1 Å². The molecular formula is C20H46O3Si2. The second-order valence-corrected chi connectivity index (χ2v) is 15.2. The van der Waals surface area contributed by atoms with E-state index in [-0.39, 0.29) is 0 Å². The van der Waals surface area contributed by atoms with Crippen LogP contribution in [0.3, 0.4) is 0 Å². The van der Waals surface area contributed by atoms with Crippen molar-refractivity contribution in [3.63, 3.8) is 0 Å². The van der Waals surface area contributed by atoms with Crippen molar-refractivity contribution in [1.29, 1.82) is 0 Å². The van der Waals surface area contributed by atoms with Gasteiger partial charge in [0.25, 0.3) is 0 Å². The van der Waals surface area contributed by atoms with E-state index in [0.717, 1.165) is 19.6 Å². The maximum Gasteiger partial charge on any atom is 0.322 e. The molecule has 0 aliphatic rings. The van der Waals surface area contributed by atoms with Crippen molar-refractivity contribution >= 4 is 17.1 Å². The summed E-state index contributed by atoms with van der Waals surface area (Å²) in [5, 5.41) is 0. The molecule has 1 unspecified atom stereocenters. The quantitative estimate of drug-likeness (QED) is 0.197. The lowest BCUT2D eigenvalue weighted by Crippen LogP contribution is -2.49. The van der Waals surface area contributed by atoms with Crippen molar-refractivity contribution in [1.82, 2.24) is 0 Å². The molecule has 0 spiro atoms. The summed E-state index contributed by atoms with van der Waals surface area (Å²) in [5.41, 5.74) is 0. The number of hydrogen-bond acceptors (Lipinski definition) is 3. The first-order chi connectivity index (χ1) is 11.8. The molecule has 0 rings (SSSR count). The van der Waals surface area contributed by atoms with Gasteiger partial charge in [-0.25, -0.2) is 0 Å². The summed E-state index contributed by atoms with van der Waals surface area (Å²) < 4.78 is 18.8. The highest BCUT2D eigenvalue weighted by Gasteiger charge is 2.36. The highest BCUT2D eigenvalue weighted by atomic mass is 28.5. The van der Waals surface area contributed by atoms with Crippen LogP contribution in [0.2, 0.25) is 26.2 Å². The second-order valence-electron chi connectivity index (χ2n) is 8.25. The Labute approximate surface area is 160 Å². The summed E-state index contributed by atoms with van der Waals surface area (Å²) in [5.74, 6) is 0.671. The van der Waals surface area contributed by atoms with E-state index >= 15 is 0 Å². The molecule has 0 radical (unpaired) electrons. The third kappa shape index (κ3) is 15.1. The summed E-state index contributed by atoms with van der Waals surface area (Å²) >= 11 is 0. The predicted molar refractivity (Wildman–Crippen MR) is 115 cm³/mol. The molecule has 3 nitrogen and oxygen atoms in total. The first-order valence-corrected chi connectivity index (χ1v) is 16.4. The molecule has 0 aliphatic carbocycles. The maximum atomic E-state index is 6.40. The van der Waals surface area contributed by atoms with Crippen LogP contribution >= 0.6 is 0 Å². The van der Waals surface area contributed by atoms with Gasteiger partial charge in [0.15, 0.2) is 0 Å². The minimum Gasteiger partial charge on any atom is -0.415 e. The van der Waals surface area contributed by atoms with E-state index in [2.05, 4.69) is 47.0 Å². The van der Waals surface area contributed by atoms with Crippen LogP contribution in [0.1, 0.15) is 85.0 Å². The Morgan fingerprint density at radius 1 is 0.680 bits per heavy atom. The molecule has 0 saturated carbocycles. The minimum atomic E-state index is -2.11. The van der Waals surface area contributed by atoms with E-state index in [0.29, 0.717) is 5.92 Å². The molecule has 0 aromatic rings. The Morgan fingerprint density at radius 2 is 1.24 bits per heavy atom. The molecule has 0 saturated heterocycles. The number of rotatable bonds is 17. The summed E-state index contributed by atoms with van der Waals surface area (Å²) in [4.78, 5) is 0. The number of unbranched alkanes of at least 4 members (excludes halogenated alkanes) is 6. The Hall–Kier alpha value is 0.314. The van der Waals surface area contributed by atoms with Crippen molar-refractivity contribution in [3.8, 4) is 0 Å². The van der Waals surface area contributed by atoms with Gasteiger partial charge in [0.1, 0.15) is 0 Å². The van der Waals surface area contributed by atoms with Gasteiger partial charge in [-0.15, -0.1) is 0 Å². The lowest BCUT2D eigenvalue weighted by atomic mass is 10.0. The molecule has 0 N–H and O–H groups in total. The van der Waals surface area contributed by atoms with Crippen molar-refractivity contribution in [2.45, 2.75) is 111 Å². The zero-order valence-electron chi connectivity index (χ0n) is 18.3. The van der Waals surface area contributed by atoms with Crippen LogP contribution in [-0.4, -0.2) is 30.3 Å². The van der Waals surface area contributed by atoms with Crippen LogP contribution in [0, 0.1) is 5.92 Å². The molecule has 1 atom stereocenters. The number of hydrogen-bond donors (Lipinski definition) is 0. The Kier molecular flexibility index (Phi) is 14.6. The Morgan fingerprint density at radius 3 is 1.84 bits per heavy atom. The zero-order valence-corrected chi connectivity index (χ0v) is 20.3. The fraction of sp³-hybridized carbons (Fsp3) is 1.00. The van der Waals surface area contributed by atoms with Gasteiger partial charge < -0.3 is 13.0 Å². The Bertz CT molecular complexity index is 309. The third-order valence-corrected chi connectivity index (χ3v) is 10.3. The fourth-order valence-electron chi connectivity index (χ4n) is 3.07. The van der Waals surface area contributed by atoms with Gasteiger partial charge in [-0.3, -0.25) is 0 Å². The van der Waals surface area contributed by atoms with Crippen molar-refractivity contribution in [2.24, 2.45) is 5.92 Å². The third-order valence-electron chi connectivity index (χ3n) is 4.65. The van der Waals surface area contributed by atoms with Crippen molar-refractivity contribution in [2.75, 3.05) is 13.2 Å². The van der Waals surface area contributed by atoms with E-state index in [1.807, 2.05) is 0 Å². The van der Waals surface area contributed by atoms with Crippen LogP contribution in [0.25, 0.3) is 0 Å². The van der Waals surface area contributed by atoms with Crippen molar-refractivity contribution in [3.05, 3.63) is 0 Å². The van der Waals surface area contributed by atoms with Gasteiger partial charge in [-0.2, -0.15) is 0 Å². The average Bonchev–Trinajstić information content (AvgIpc) is 2.53. The molecular weight excluding hydrogens is 344 g/mol. The Balaban J connectivity index is 4.05. The first kappa shape index (κ1) is 25.3. The largest absolute Gasteiger partial charge is 0.415 e. The molecule has 0 aromatic carbocycles. The molecule has 0 fully saturated rings. The fourth-order valence-corrected chi connectivity index (χ4v) is 9.55.